The van der Waals surface area contributed by atoms with Gasteiger partial charge in [0.2, 0.25) is 0 Å². The van der Waals surface area contributed by atoms with Crippen molar-refractivity contribution in [3.8, 4) is 0 Å². The summed E-state index contributed by atoms with van der Waals surface area (Å²) in [4.78, 5) is 2.39. The summed E-state index contributed by atoms with van der Waals surface area (Å²) in [6, 6.07) is 6.05. The Morgan fingerprint density at radius 1 is 1.37 bits per heavy atom. The summed E-state index contributed by atoms with van der Waals surface area (Å²) >= 11 is 0. The van der Waals surface area contributed by atoms with Crippen LogP contribution in [0.3, 0.4) is 0 Å². The Labute approximate surface area is 116 Å². The highest BCUT2D eigenvalue weighted by Crippen LogP contribution is 2.25. The Morgan fingerprint density at radius 2 is 2.16 bits per heavy atom. The van der Waals surface area contributed by atoms with Crippen LogP contribution in [0.2, 0.25) is 0 Å². The normalized spacial score (nSPS) is 24.0. The molecule has 1 saturated heterocycles. The van der Waals surface area contributed by atoms with Gasteiger partial charge in [-0.05, 0) is 37.4 Å². The van der Waals surface area contributed by atoms with E-state index in [9.17, 15) is 4.39 Å². The summed E-state index contributed by atoms with van der Waals surface area (Å²) in [5, 5.41) is 3.28. The predicted octanol–water partition coefficient (Wildman–Crippen LogP) is 3.17. The molecule has 1 heterocycles. The molecular weight excluding hydrogens is 239 g/mol. The molecule has 1 aliphatic heterocycles. The molecule has 0 radical (unpaired) electrons. The topological polar surface area (TPSA) is 15.3 Å². The van der Waals surface area contributed by atoms with Crippen LogP contribution in [0.4, 0.5) is 4.39 Å². The largest absolute Gasteiger partial charge is 0.313 e. The van der Waals surface area contributed by atoms with Gasteiger partial charge in [-0.3, -0.25) is 4.90 Å². The number of nitrogens with zero attached hydrogens (tertiary/aromatic N) is 1. The Hall–Kier alpha value is -0.930. The molecular formula is C16H25FN2. The lowest BCUT2D eigenvalue weighted by molar-refractivity contribution is 0.253. The van der Waals surface area contributed by atoms with E-state index in [0.717, 1.165) is 43.2 Å². The van der Waals surface area contributed by atoms with Gasteiger partial charge in [-0.25, -0.2) is 4.39 Å². The van der Waals surface area contributed by atoms with Crippen molar-refractivity contribution in [3.05, 3.63) is 35.1 Å². The SMILES string of the molecule is CCNCc1ccc(F)c(CN2CC(C)CC2C)c1. The van der Waals surface area contributed by atoms with Crippen LogP contribution in [-0.2, 0) is 13.1 Å². The minimum atomic E-state index is -0.0769. The van der Waals surface area contributed by atoms with Gasteiger partial charge in [0.15, 0.2) is 0 Å². The zero-order chi connectivity index (χ0) is 13.8. The molecule has 0 aliphatic carbocycles. The highest BCUT2D eigenvalue weighted by Gasteiger charge is 2.26. The van der Waals surface area contributed by atoms with Gasteiger partial charge in [0.1, 0.15) is 5.82 Å². The fourth-order valence-electron chi connectivity index (χ4n) is 2.95. The third-order valence-corrected chi connectivity index (χ3v) is 3.98. The average molecular weight is 264 g/mol. The molecule has 2 rings (SSSR count). The van der Waals surface area contributed by atoms with Gasteiger partial charge in [-0.1, -0.05) is 26.0 Å². The molecule has 0 amide bonds. The minimum Gasteiger partial charge on any atom is -0.313 e. The third kappa shape index (κ3) is 3.77. The maximum Gasteiger partial charge on any atom is 0.127 e. The molecule has 2 nitrogen and oxygen atoms in total. The van der Waals surface area contributed by atoms with Crippen LogP contribution in [0.5, 0.6) is 0 Å². The van der Waals surface area contributed by atoms with E-state index in [0.29, 0.717) is 6.04 Å². The second-order valence-corrected chi connectivity index (χ2v) is 5.83. The van der Waals surface area contributed by atoms with E-state index < -0.39 is 0 Å². The molecule has 0 spiro atoms. The van der Waals surface area contributed by atoms with Crippen LogP contribution < -0.4 is 5.32 Å². The van der Waals surface area contributed by atoms with Crippen molar-refractivity contribution in [1.29, 1.82) is 0 Å². The van der Waals surface area contributed by atoms with Crippen LogP contribution in [-0.4, -0.2) is 24.0 Å². The van der Waals surface area contributed by atoms with E-state index >= 15 is 0 Å². The third-order valence-electron chi connectivity index (χ3n) is 3.98. The Morgan fingerprint density at radius 3 is 2.79 bits per heavy atom. The molecule has 1 aromatic rings. The Kier molecular flexibility index (Phi) is 4.94. The lowest BCUT2D eigenvalue weighted by Gasteiger charge is -2.21. The van der Waals surface area contributed by atoms with Crippen LogP contribution in [0.1, 0.15) is 38.3 Å². The lowest BCUT2D eigenvalue weighted by Crippen LogP contribution is -2.27. The number of likely N-dealkylation sites (tertiary alicyclic amines) is 1. The van der Waals surface area contributed by atoms with Gasteiger partial charge in [0.25, 0.3) is 0 Å². The minimum absolute atomic E-state index is 0.0769. The fraction of sp³-hybridized carbons (Fsp3) is 0.625. The van der Waals surface area contributed by atoms with Crippen molar-refractivity contribution >= 4 is 0 Å². The average Bonchev–Trinajstić information content (AvgIpc) is 2.69. The van der Waals surface area contributed by atoms with Gasteiger partial charge in [-0.15, -0.1) is 0 Å². The summed E-state index contributed by atoms with van der Waals surface area (Å²) in [6.45, 7) is 10.2. The number of rotatable bonds is 5. The highest BCUT2D eigenvalue weighted by atomic mass is 19.1. The lowest BCUT2D eigenvalue weighted by atomic mass is 10.1. The fourth-order valence-corrected chi connectivity index (χ4v) is 2.95. The van der Waals surface area contributed by atoms with E-state index in [4.69, 9.17) is 0 Å². The van der Waals surface area contributed by atoms with E-state index in [-0.39, 0.29) is 5.82 Å². The molecule has 19 heavy (non-hydrogen) atoms. The zero-order valence-corrected chi connectivity index (χ0v) is 12.2. The van der Waals surface area contributed by atoms with E-state index in [2.05, 4.69) is 31.0 Å². The summed E-state index contributed by atoms with van der Waals surface area (Å²) in [6.07, 6.45) is 1.22. The maximum absolute atomic E-state index is 13.9. The van der Waals surface area contributed by atoms with Crippen LogP contribution in [0.25, 0.3) is 0 Å². The molecule has 3 heteroatoms. The maximum atomic E-state index is 13.9. The summed E-state index contributed by atoms with van der Waals surface area (Å²) in [7, 11) is 0. The first-order valence-electron chi connectivity index (χ1n) is 7.32. The standard InChI is InChI=1S/C16H25FN2/c1-4-18-9-14-5-6-16(17)15(8-14)11-19-10-12(2)7-13(19)3/h5-6,8,12-13,18H,4,7,9-11H2,1-3H3. The monoisotopic (exact) mass is 264 g/mol. The van der Waals surface area contributed by atoms with Crippen LogP contribution >= 0.6 is 0 Å². The van der Waals surface area contributed by atoms with Gasteiger partial charge >= 0.3 is 0 Å². The first kappa shape index (κ1) is 14.5. The van der Waals surface area contributed by atoms with Crippen LogP contribution in [0.15, 0.2) is 18.2 Å². The summed E-state index contributed by atoms with van der Waals surface area (Å²) in [5.41, 5.74) is 1.99. The second-order valence-electron chi connectivity index (χ2n) is 5.83. The van der Waals surface area contributed by atoms with E-state index in [1.165, 1.54) is 6.42 Å². The zero-order valence-electron chi connectivity index (χ0n) is 12.2. The van der Waals surface area contributed by atoms with Crippen molar-refractivity contribution in [2.45, 2.75) is 46.3 Å². The first-order valence-corrected chi connectivity index (χ1v) is 7.32. The smallest absolute Gasteiger partial charge is 0.127 e. The van der Waals surface area contributed by atoms with E-state index in [1.54, 1.807) is 6.07 Å². The van der Waals surface area contributed by atoms with Crippen molar-refractivity contribution in [3.63, 3.8) is 0 Å². The van der Waals surface area contributed by atoms with Gasteiger partial charge in [0.05, 0.1) is 0 Å². The Bertz CT molecular complexity index is 419. The van der Waals surface area contributed by atoms with Crippen molar-refractivity contribution in [1.82, 2.24) is 10.2 Å². The number of hydrogen-bond acceptors (Lipinski definition) is 2. The van der Waals surface area contributed by atoms with Crippen molar-refractivity contribution < 1.29 is 4.39 Å². The van der Waals surface area contributed by atoms with Gasteiger partial charge in [-0.2, -0.15) is 0 Å². The number of halogens is 1. The number of benzene rings is 1. The number of nitrogens with one attached hydrogen (secondary N) is 1. The summed E-state index contributed by atoms with van der Waals surface area (Å²) < 4.78 is 13.9. The Balaban J connectivity index is 2.06. The molecule has 2 atom stereocenters. The van der Waals surface area contributed by atoms with Gasteiger partial charge < -0.3 is 5.32 Å². The quantitative estimate of drug-likeness (QED) is 0.879. The molecule has 1 fully saturated rings. The molecule has 2 unspecified atom stereocenters. The molecule has 0 bridgehead atoms. The molecule has 106 valence electrons. The second kappa shape index (κ2) is 6.49. The molecule has 0 aromatic heterocycles. The van der Waals surface area contributed by atoms with Crippen molar-refractivity contribution in [2.75, 3.05) is 13.1 Å². The molecule has 0 saturated carbocycles. The van der Waals surface area contributed by atoms with Gasteiger partial charge in [0, 0.05) is 31.2 Å². The number of hydrogen-bond donors (Lipinski definition) is 1. The molecule has 1 N–H and O–H groups in total. The molecule has 1 aliphatic rings. The van der Waals surface area contributed by atoms with Crippen LogP contribution in [0, 0.1) is 11.7 Å². The molecule has 1 aromatic carbocycles. The highest BCUT2D eigenvalue weighted by molar-refractivity contribution is 5.25. The predicted molar refractivity (Wildman–Crippen MR) is 77.4 cm³/mol. The first-order chi connectivity index (χ1) is 9.10. The van der Waals surface area contributed by atoms with Crippen molar-refractivity contribution in [2.24, 2.45) is 5.92 Å². The summed E-state index contributed by atoms with van der Waals surface area (Å²) in [5.74, 6) is 0.648. The van der Waals surface area contributed by atoms with E-state index in [1.807, 2.05) is 12.1 Å².